The summed E-state index contributed by atoms with van der Waals surface area (Å²) < 4.78 is 5.65. The number of amides is 1. The van der Waals surface area contributed by atoms with Crippen LogP contribution in [0, 0.1) is 0 Å². The third kappa shape index (κ3) is 4.26. The summed E-state index contributed by atoms with van der Waals surface area (Å²) in [5.41, 5.74) is 0.353. The summed E-state index contributed by atoms with van der Waals surface area (Å²) in [4.78, 5) is 16.4. The second kappa shape index (κ2) is 7.50. The Morgan fingerprint density at radius 2 is 2.16 bits per heavy atom. The molecule has 0 fully saturated rings. The van der Waals surface area contributed by atoms with Crippen molar-refractivity contribution in [1.29, 1.82) is 0 Å². The topological polar surface area (TPSA) is 87.1 Å². The molecule has 25 heavy (non-hydrogen) atoms. The van der Waals surface area contributed by atoms with E-state index in [1.807, 2.05) is 12.1 Å². The van der Waals surface area contributed by atoms with Gasteiger partial charge < -0.3 is 15.2 Å². The van der Waals surface area contributed by atoms with Gasteiger partial charge in [0.2, 0.25) is 0 Å². The number of pyridine rings is 1. The van der Waals surface area contributed by atoms with E-state index in [0.29, 0.717) is 40.9 Å². The Kier molecular flexibility index (Phi) is 5.16. The van der Waals surface area contributed by atoms with Crippen molar-refractivity contribution in [2.75, 3.05) is 12.4 Å². The standard InChI is InChI=1S/C17H17ClN4O3/c1-22-16(23)9-7-13(21-22)17(24)20-15-8-6-11(10-19-15)25-14-5-3-2-4-12(14)18/h2-6,8,10,16,23H,7,9H2,1H3,(H,19,20,24). The molecule has 2 N–H and O–H groups in total. The summed E-state index contributed by atoms with van der Waals surface area (Å²) >= 11 is 6.04. The quantitative estimate of drug-likeness (QED) is 0.875. The molecule has 2 heterocycles. The van der Waals surface area contributed by atoms with Crippen molar-refractivity contribution in [3.63, 3.8) is 0 Å². The minimum atomic E-state index is -0.657. The van der Waals surface area contributed by atoms with Crippen molar-refractivity contribution < 1.29 is 14.6 Å². The lowest BCUT2D eigenvalue weighted by Gasteiger charge is -2.26. The number of benzene rings is 1. The highest BCUT2D eigenvalue weighted by atomic mass is 35.5. The number of hydrazone groups is 1. The molecule has 0 saturated heterocycles. The third-order valence-electron chi connectivity index (χ3n) is 3.65. The summed E-state index contributed by atoms with van der Waals surface area (Å²) in [6.45, 7) is 0. The second-order valence-electron chi connectivity index (χ2n) is 5.51. The number of carbonyl (C=O) groups excluding carboxylic acids is 1. The molecular weight excluding hydrogens is 344 g/mol. The van der Waals surface area contributed by atoms with E-state index < -0.39 is 6.23 Å². The number of hydrogen-bond donors (Lipinski definition) is 2. The van der Waals surface area contributed by atoms with Crippen molar-refractivity contribution in [3.8, 4) is 11.5 Å². The number of aromatic nitrogens is 1. The molecule has 0 bridgehead atoms. The third-order valence-corrected chi connectivity index (χ3v) is 3.97. The van der Waals surface area contributed by atoms with Gasteiger partial charge in [0.25, 0.3) is 5.91 Å². The molecule has 2 aromatic rings. The highest BCUT2D eigenvalue weighted by Gasteiger charge is 2.22. The number of anilines is 1. The van der Waals surface area contributed by atoms with Crippen LogP contribution in [0.1, 0.15) is 12.8 Å². The van der Waals surface area contributed by atoms with E-state index in [2.05, 4.69) is 15.4 Å². The zero-order valence-corrected chi connectivity index (χ0v) is 14.3. The number of carbonyl (C=O) groups is 1. The van der Waals surface area contributed by atoms with Gasteiger partial charge in [-0.3, -0.25) is 9.80 Å². The molecule has 3 rings (SSSR count). The van der Waals surface area contributed by atoms with Gasteiger partial charge in [-0.15, -0.1) is 0 Å². The summed E-state index contributed by atoms with van der Waals surface area (Å²) in [7, 11) is 1.62. The molecule has 0 spiro atoms. The molecule has 1 aliphatic heterocycles. The molecule has 8 heteroatoms. The Morgan fingerprint density at radius 1 is 1.36 bits per heavy atom. The van der Waals surface area contributed by atoms with Crippen molar-refractivity contribution in [3.05, 3.63) is 47.6 Å². The lowest BCUT2D eigenvalue weighted by Crippen LogP contribution is -2.37. The zero-order valence-electron chi connectivity index (χ0n) is 13.5. The molecule has 1 unspecified atom stereocenters. The lowest BCUT2D eigenvalue weighted by molar-refractivity contribution is -0.110. The van der Waals surface area contributed by atoms with Gasteiger partial charge in [0.05, 0.1) is 11.2 Å². The van der Waals surface area contributed by atoms with E-state index in [-0.39, 0.29) is 5.91 Å². The Hall–Kier alpha value is -2.64. The molecular formula is C17H17ClN4O3. The predicted molar refractivity (Wildman–Crippen MR) is 94.8 cm³/mol. The van der Waals surface area contributed by atoms with Crippen LogP contribution in [0.25, 0.3) is 0 Å². The Morgan fingerprint density at radius 3 is 2.84 bits per heavy atom. The fraction of sp³-hybridized carbons (Fsp3) is 0.235. The van der Waals surface area contributed by atoms with Crippen molar-refractivity contribution in [2.45, 2.75) is 19.1 Å². The van der Waals surface area contributed by atoms with E-state index in [4.69, 9.17) is 16.3 Å². The summed E-state index contributed by atoms with van der Waals surface area (Å²) in [6.07, 6.45) is 1.71. The maximum Gasteiger partial charge on any atom is 0.273 e. The van der Waals surface area contributed by atoms with E-state index in [0.717, 1.165) is 0 Å². The maximum atomic E-state index is 12.2. The molecule has 1 aliphatic rings. The molecule has 1 aromatic heterocycles. The fourth-order valence-electron chi connectivity index (χ4n) is 2.28. The first-order valence-corrected chi connectivity index (χ1v) is 8.09. The van der Waals surface area contributed by atoms with Crippen LogP contribution in [0.5, 0.6) is 11.5 Å². The molecule has 1 atom stereocenters. The van der Waals surface area contributed by atoms with Crippen LogP contribution in [0.4, 0.5) is 5.82 Å². The van der Waals surface area contributed by atoms with E-state index in [9.17, 15) is 9.90 Å². The van der Waals surface area contributed by atoms with Crippen molar-refractivity contribution in [1.82, 2.24) is 9.99 Å². The van der Waals surface area contributed by atoms with Crippen LogP contribution in [-0.2, 0) is 4.79 Å². The minimum Gasteiger partial charge on any atom is -0.454 e. The SMILES string of the molecule is CN1N=C(C(=O)Nc2ccc(Oc3ccccc3Cl)cn2)CCC1O. The van der Waals surface area contributed by atoms with Crippen LogP contribution < -0.4 is 10.1 Å². The van der Waals surface area contributed by atoms with Gasteiger partial charge in [-0.05, 0) is 30.7 Å². The lowest BCUT2D eigenvalue weighted by atomic mass is 10.1. The van der Waals surface area contributed by atoms with E-state index in [1.165, 1.54) is 11.2 Å². The predicted octanol–water partition coefficient (Wildman–Crippen LogP) is 2.87. The average molecular weight is 361 g/mol. The van der Waals surface area contributed by atoms with Gasteiger partial charge in [0, 0.05) is 13.5 Å². The Bertz CT molecular complexity index is 795. The van der Waals surface area contributed by atoms with Crippen LogP contribution in [0.2, 0.25) is 5.02 Å². The van der Waals surface area contributed by atoms with Gasteiger partial charge >= 0.3 is 0 Å². The molecule has 7 nitrogen and oxygen atoms in total. The summed E-state index contributed by atoms with van der Waals surface area (Å²) in [5.74, 6) is 1.07. The first-order chi connectivity index (χ1) is 12.0. The maximum absolute atomic E-state index is 12.2. The van der Waals surface area contributed by atoms with Gasteiger partial charge in [-0.1, -0.05) is 23.7 Å². The second-order valence-corrected chi connectivity index (χ2v) is 5.91. The van der Waals surface area contributed by atoms with Gasteiger partial charge in [0.1, 0.15) is 29.3 Å². The number of ether oxygens (including phenoxy) is 1. The number of aliphatic hydroxyl groups excluding tert-OH is 1. The molecule has 0 aliphatic carbocycles. The zero-order chi connectivity index (χ0) is 17.8. The molecule has 1 amide bonds. The normalized spacial score (nSPS) is 17.0. The van der Waals surface area contributed by atoms with Crippen molar-refractivity contribution >= 4 is 29.0 Å². The fourth-order valence-corrected chi connectivity index (χ4v) is 2.45. The summed E-state index contributed by atoms with van der Waals surface area (Å²) in [6, 6.07) is 10.4. The number of aliphatic hydroxyl groups is 1. The van der Waals surface area contributed by atoms with Crippen LogP contribution in [0.3, 0.4) is 0 Å². The van der Waals surface area contributed by atoms with Gasteiger partial charge in [-0.2, -0.15) is 5.10 Å². The minimum absolute atomic E-state index is 0.342. The van der Waals surface area contributed by atoms with Crippen molar-refractivity contribution in [2.24, 2.45) is 5.10 Å². The summed E-state index contributed by atoms with van der Waals surface area (Å²) in [5, 5.41) is 18.2. The van der Waals surface area contributed by atoms with Gasteiger partial charge in [0.15, 0.2) is 0 Å². The van der Waals surface area contributed by atoms with E-state index >= 15 is 0 Å². The molecule has 0 saturated carbocycles. The average Bonchev–Trinajstić information content (AvgIpc) is 2.61. The molecule has 1 aromatic carbocycles. The smallest absolute Gasteiger partial charge is 0.273 e. The highest BCUT2D eigenvalue weighted by Crippen LogP contribution is 2.28. The number of nitrogens with one attached hydrogen (secondary N) is 1. The van der Waals surface area contributed by atoms with E-state index in [1.54, 1.807) is 31.3 Å². The monoisotopic (exact) mass is 360 g/mol. The number of para-hydroxylation sites is 1. The van der Waals surface area contributed by atoms with Crippen LogP contribution in [0.15, 0.2) is 47.7 Å². The molecule has 0 radical (unpaired) electrons. The van der Waals surface area contributed by atoms with Crippen LogP contribution >= 0.6 is 11.6 Å². The first kappa shape index (κ1) is 17.2. The Balaban J connectivity index is 1.64. The number of nitrogens with zero attached hydrogens (tertiary/aromatic N) is 3. The Labute approximate surface area is 149 Å². The number of rotatable bonds is 4. The van der Waals surface area contributed by atoms with Crippen LogP contribution in [-0.4, -0.2) is 40.0 Å². The largest absolute Gasteiger partial charge is 0.454 e. The highest BCUT2D eigenvalue weighted by molar-refractivity contribution is 6.43. The van der Waals surface area contributed by atoms with Gasteiger partial charge in [-0.25, -0.2) is 4.98 Å². The number of halogens is 1. The number of hydrogen-bond acceptors (Lipinski definition) is 6. The first-order valence-electron chi connectivity index (χ1n) is 7.71. The molecule has 130 valence electrons.